The highest BCUT2D eigenvalue weighted by Crippen LogP contribution is 2.36. The molecule has 0 saturated heterocycles. The van der Waals surface area contributed by atoms with Gasteiger partial charge in [0.05, 0.1) is 0 Å². The summed E-state index contributed by atoms with van der Waals surface area (Å²) in [7, 11) is 0. The van der Waals surface area contributed by atoms with E-state index in [0.717, 1.165) is 11.6 Å². The molecule has 0 spiro atoms. The maximum atomic E-state index is 12.9. The van der Waals surface area contributed by atoms with Crippen LogP contribution < -0.4 is 10.1 Å². The molecule has 0 aromatic heterocycles. The fourth-order valence-corrected chi connectivity index (χ4v) is 2.45. The van der Waals surface area contributed by atoms with Gasteiger partial charge in [-0.15, -0.1) is 0 Å². The van der Waals surface area contributed by atoms with Gasteiger partial charge in [0.25, 0.3) is 0 Å². The highest BCUT2D eigenvalue weighted by molar-refractivity contribution is 5.68. The molecule has 0 fully saturated rings. The van der Waals surface area contributed by atoms with Crippen molar-refractivity contribution >= 4 is 12.2 Å². The maximum absolute atomic E-state index is 12.9. The number of amides is 1. The first-order chi connectivity index (χ1) is 11.8. The van der Waals surface area contributed by atoms with Crippen molar-refractivity contribution in [3.05, 3.63) is 35.4 Å². The summed E-state index contributed by atoms with van der Waals surface area (Å²) in [5, 5.41) is 2.70. The number of rotatable bonds is 3. The van der Waals surface area contributed by atoms with Gasteiger partial charge in [0.1, 0.15) is 11.4 Å². The summed E-state index contributed by atoms with van der Waals surface area (Å²) >= 11 is 0. The Morgan fingerprint density at radius 3 is 2.42 bits per heavy atom. The van der Waals surface area contributed by atoms with Crippen molar-refractivity contribution in [1.82, 2.24) is 5.32 Å². The minimum atomic E-state index is -4.46. The van der Waals surface area contributed by atoms with E-state index in [4.69, 9.17) is 9.47 Å². The van der Waals surface area contributed by atoms with E-state index in [1.165, 1.54) is 6.08 Å². The van der Waals surface area contributed by atoms with Crippen molar-refractivity contribution in [2.45, 2.75) is 57.9 Å². The number of nitrogens with one attached hydrogen (secondary N) is 1. The summed E-state index contributed by atoms with van der Waals surface area (Å²) < 4.78 is 48.9. The van der Waals surface area contributed by atoms with Crippen molar-refractivity contribution in [3.8, 4) is 5.75 Å². The molecule has 1 atom stereocenters. The third-order valence-corrected chi connectivity index (χ3v) is 3.90. The first-order valence-electron chi connectivity index (χ1n) is 8.31. The van der Waals surface area contributed by atoms with Gasteiger partial charge in [-0.2, -0.15) is 13.2 Å². The second kappa shape index (κ2) is 6.85. The minimum absolute atomic E-state index is 0.178. The third-order valence-electron chi connectivity index (χ3n) is 3.90. The number of alkyl halides is 3. The molecule has 0 bridgehead atoms. The average molecular weight is 371 g/mol. The fraction of sp³-hybridized carbons (Fsp3) is 0.526. The van der Waals surface area contributed by atoms with Crippen LogP contribution in [0, 0.1) is 0 Å². The molecule has 0 radical (unpaired) electrons. The van der Waals surface area contributed by atoms with Crippen LogP contribution in [-0.2, 0) is 10.2 Å². The number of carbonyl (C=O) groups excluding carboxylic acids is 1. The molecule has 1 aromatic rings. The summed E-state index contributed by atoms with van der Waals surface area (Å²) in [5.41, 5.74) is 0.213. The van der Waals surface area contributed by atoms with Gasteiger partial charge >= 0.3 is 12.3 Å². The summed E-state index contributed by atoms with van der Waals surface area (Å²) in [5.74, 6) is 0.178. The molecule has 26 heavy (non-hydrogen) atoms. The third kappa shape index (κ3) is 5.16. The number of carbonyl (C=O) groups is 1. The van der Waals surface area contributed by atoms with Crippen LogP contribution in [0.3, 0.4) is 0 Å². The van der Waals surface area contributed by atoms with E-state index in [2.05, 4.69) is 5.32 Å². The van der Waals surface area contributed by atoms with Crippen molar-refractivity contribution in [3.63, 3.8) is 0 Å². The average Bonchev–Trinajstić information content (AvgIpc) is 2.49. The smallest absolute Gasteiger partial charge is 0.429 e. The maximum Gasteiger partial charge on any atom is 0.429 e. The molecule has 1 unspecified atom stereocenters. The summed E-state index contributed by atoms with van der Waals surface area (Å²) in [6, 6.07) is 5.12. The second-order valence-electron chi connectivity index (χ2n) is 7.93. The normalized spacial score (nSPS) is 17.3. The molecule has 2 rings (SSSR count). The van der Waals surface area contributed by atoms with Gasteiger partial charge in [-0.3, -0.25) is 0 Å². The number of fused-ring (bicyclic) bond motifs is 1. The van der Waals surface area contributed by atoms with Crippen LogP contribution in [0.15, 0.2) is 24.3 Å². The largest absolute Gasteiger partial charge is 0.476 e. The van der Waals surface area contributed by atoms with Crippen molar-refractivity contribution in [2.24, 2.45) is 0 Å². The van der Waals surface area contributed by atoms with Gasteiger partial charge in [-0.1, -0.05) is 32.1 Å². The number of benzene rings is 1. The lowest BCUT2D eigenvalue weighted by Crippen LogP contribution is -2.40. The fourth-order valence-electron chi connectivity index (χ4n) is 2.45. The van der Waals surface area contributed by atoms with Crippen molar-refractivity contribution in [2.75, 3.05) is 6.54 Å². The van der Waals surface area contributed by atoms with Crippen LogP contribution >= 0.6 is 0 Å². The lowest BCUT2D eigenvalue weighted by Gasteiger charge is -2.29. The highest BCUT2D eigenvalue weighted by atomic mass is 19.4. The molecule has 144 valence electrons. The van der Waals surface area contributed by atoms with Gasteiger partial charge in [0.2, 0.25) is 6.10 Å². The SMILES string of the molecule is CC(C)(C)OC(=O)NCC(C)(C)c1ccc2c(c1)OC(C(F)(F)F)C=C2. The van der Waals surface area contributed by atoms with Gasteiger partial charge in [0, 0.05) is 17.5 Å². The van der Waals surface area contributed by atoms with Gasteiger partial charge in [-0.25, -0.2) is 4.79 Å². The van der Waals surface area contributed by atoms with E-state index in [1.54, 1.807) is 32.9 Å². The van der Waals surface area contributed by atoms with Crippen molar-refractivity contribution < 1.29 is 27.4 Å². The first kappa shape index (κ1) is 20.1. The summed E-state index contributed by atoms with van der Waals surface area (Å²) in [6.45, 7) is 9.33. The highest BCUT2D eigenvalue weighted by Gasteiger charge is 2.41. The lowest BCUT2D eigenvalue weighted by atomic mass is 9.83. The number of halogens is 3. The predicted octanol–water partition coefficient (Wildman–Crippen LogP) is 4.83. The zero-order chi connectivity index (χ0) is 19.8. The lowest BCUT2D eigenvalue weighted by molar-refractivity contribution is -0.180. The van der Waals surface area contributed by atoms with Gasteiger partial charge in [0.15, 0.2) is 0 Å². The predicted molar refractivity (Wildman–Crippen MR) is 93.2 cm³/mol. The molecule has 0 aliphatic carbocycles. The Morgan fingerprint density at radius 2 is 1.85 bits per heavy atom. The molecule has 1 aromatic carbocycles. The number of ether oxygens (including phenoxy) is 2. The Morgan fingerprint density at radius 1 is 1.19 bits per heavy atom. The van der Waals surface area contributed by atoms with E-state index < -0.39 is 29.4 Å². The van der Waals surface area contributed by atoms with Crippen LogP contribution in [-0.4, -0.2) is 30.5 Å². The molecular formula is C19H24F3NO3. The van der Waals surface area contributed by atoms with E-state index >= 15 is 0 Å². The molecule has 1 heterocycles. The Bertz CT molecular complexity index is 703. The summed E-state index contributed by atoms with van der Waals surface area (Å²) in [6.07, 6.45) is -4.55. The monoisotopic (exact) mass is 371 g/mol. The van der Waals surface area contributed by atoms with E-state index in [9.17, 15) is 18.0 Å². The zero-order valence-electron chi connectivity index (χ0n) is 15.5. The second-order valence-corrected chi connectivity index (χ2v) is 7.93. The minimum Gasteiger partial charge on any atom is -0.476 e. The van der Waals surface area contributed by atoms with Crippen LogP contribution in [0.4, 0.5) is 18.0 Å². The number of alkyl carbamates (subject to hydrolysis) is 1. The number of hydrogen-bond donors (Lipinski definition) is 1. The topological polar surface area (TPSA) is 47.6 Å². The van der Waals surface area contributed by atoms with Crippen molar-refractivity contribution in [1.29, 1.82) is 0 Å². The molecule has 1 amide bonds. The quantitative estimate of drug-likeness (QED) is 0.828. The van der Waals surface area contributed by atoms with Crippen LogP contribution in [0.2, 0.25) is 0 Å². The summed E-state index contributed by atoms with van der Waals surface area (Å²) in [4.78, 5) is 11.8. The molecular weight excluding hydrogens is 347 g/mol. The standard InChI is InChI=1S/C19H24F3NO3/c1-17(2,3)26-16(24)23-11-18(4,5)13-8-6-12-7-9-15(19(20,21)22)25-14(12)10-13/h6-10,15H,11H2,1-5H3,(H,23,24). The zero-order valence-corrected chi connectivity index (χ0v) is 15.5. The molecule has 1 aliphatic heterocycles. The van der Waals surface area contributed by atoms with E-state index in [-0.39, 0.29) is 12.3 Å². The van der Waals surface area contributed by atoms with Crippen LogP contribution in [0.25, 0.3) is 6.08 Å². The van der Waals surface area contributed by atoms with E-state index in [1.807, 2.05) is 19.9 Å². The molecule has 1 N–H and O–H groups in total. The first-order valence-corrected chi connectivity index (χ1v) is 8.31. The Labute approximate surface area is 151 Å². The van der Waals surface area contributed by atoms with Crippen LogP contribution in [0.5, 0.6) is 5.75 Å². The number of hydrogen-bond acceptors (Lipinski definition) is 3. The Hall–Kier alpha value is -2.18. The molecule has 0 saturated carbocycles. The Balaban J connectivity index is 2.12. The van der Waals surface area contributed by atoms with E-state index in [0.29, 0.717) is 5.56 Å². The molecule has 7 heteroatoms. The van der Waals surface area contributed by atoms with Crippen LogP contribution in [0.1, 0.15) is 45.7 Å². The van der Waals surface area contributed by atoms with Gasteiger partial charge in [-0.05, 0) is 38.5 Å². The molecule has 4 nitrogen and oxygen atoms in total. The Kier molecular flexibility index (Phi) is 5.31. The molecule has 1 aliphatic rings. The van der Waals surface area contributed by atoms with Gasteiger partial charge < -0.3 is 14.8 Å².